The Morgan fingerprint density at radius 3 is 2.62 bits per heavy atom. The summed E-state index contributed by atoms with van der Waals surface area (Å²) < 4.78 is 31.9. The smallest absolute Gasteiger partial charge is 0.320 e. The second-order valence-corrected chi connectivity index (χ2v) is 10.9. The van der Waals surface area contributed by atoms with Crippen molar-refractivity contribution in [2.24, 2.45) is 5.41 Å². The molecule has 5 rings (SSSR count). The van der Waals surface area contributed by atoms with Crippen molar-refractivity contribution in [2.75, 3.05) is 63.8 Å². The van der Waals surface area contributed by atoms with Crippen LogP contribution >= 0.6 is 11.6 Å². The number of hydrogen-bond acceptors (Lipinski definition) is 9. The molecule has 9 nitrogen and oxygen atoms in total. The normalized spacial score (nSPS) is 17.2. The summed E-state index contributed by atoms with van der Waals surface area (Å²) in [5.74, 6) is 0.893. The fourth-order valence-electron chi connectivity index (χ4n) is 4.89. The fourth-order valence-corrected chi connectivity index (χ4v) is 5.04. The van der Waals surface area contributed by atoms with E-state index in [2.05, 4.69) is 25.2 Å². The molecule has 0 unspecified atom stereocenters. The van der Waals surface area contributed by atoms with Crippen molar-refractivity contribution in [1.82, 2.24) is 19.9 Å². The number of anilines is 2. The Balaban J connectivity index is 1.27. The number of benzene rings is 1. The van der Waals surface area contributed by atoms with Gasteiger partial charge in [-0.05, 0) is 43.5 Å². The molecule has 3 aromatic rings. The Morgan fingerprint density at radius 1 is 1.18 bits per heavy atom. The molecule has 0 amide bonds. The molecule has 1 aliphatic carbocycles. The lowest BCUT2D eigenvalue weighted by Crippen LogP contribution is -2.41. The highest BCUT2D eigenvalue weighted by Gasteiger charge is 2.45. The second kappa shape index (κ2) is 12.5. The molecule has 0 spiro atoms. The Kier molecular flexibility index (Phi) is 8.87. The Hall–Kier alpha value is -3.21. The Bertz CT molecular complexity index is 1290. The van der Waals surface area contributed by atoms with Gasteiger partial charge in [0.1, 0.15) is 11.6 Å². The highest BCUT2D eigenvalue weighted by Crippen LogP contribution is 2.46. The SMILES string of the molecule is COc1ccc(CNc2ncccc2[C@@H](C)N(C)c2nc(OCC3(CN4CCOCC4)CC3)nc(Cl)c2F)cc1. The molecule has 40 heavy (non-hydrogen) atoms. The van der Waals surface area contributed by atoms with Crippen LogP contribution < -0.4 is 19.7 Å². The average Bonchev–Trinajstić information content (AvgIpc) is 3.76. The first kappa shape index (κ1) is 28.3. The molecular weight excluding hydrogens is 535 g/mol. The van der Waals surface area contributed by atoms with Crippen molar-refractivity contribution in [2.45, 2.75) is 32.4 Å². The van der Waals surface area contributed by atoms with Crippen LogP contribution in [0, 0.1) is 11.2 Å². The van der Waals surface area contributed by atoms with Crippen LogP contribution in [0.15, 0.2) is 42.6 Å². The van der Waals surface area contributed by atoms with Gasteiger partial charge in [0.25, 0.3) is 0 Å². The van der Waals surface area contributed by atoms with E-state index in [0.717, 1.165) is 62.6 Å². The molecule has 1 N–H and O–H groups in total. The van der Waals surface area contributed by atoms with Crippen LogP contribution in [0.25, 0.3) is 0 Å². The number of nitrogens with one attached hydrogen (secondary N) is 1. The van der Waals surface area contributed by atoms with E-state index < -0.39 is 5.82 Å². The summed E-state index contributed by atoms with van der Waals surface area (Å²) in [7, 11) is 3.42. The molecule has 2 aromatic heterocycles. The second-order valence-electron chi connectivity index (χ2n) is 10.5. The zero-order chi connectivity index (χ0) is 28.1. The summed E-state index contributed by atoms with van der Waals surface area (Å²) in [5.41, 5.74) is 2.04. The van der Waals surface area contributed by atoms with E-state index in [1.807, 2.05) is 43.3 Å². The molecular formula is C29H36ClFN6O3. The lowest BCUT2D eigenvalue weighted by atomic mass is 10.1. The van der Waals surface area contributed by atoms with Crippen LogP contribution in [-0.4, -0.2) is 73.5 Å². The largest absolute Gasteiger partial charge is 0.497 e. The van der Waals surface area contributed by atoms with Gasteiger partial charge >= 0.3 is 6.01 Å². The van der Waals surface area contributed by atoms with Crippen LogP contribution in [0.4, 0.5) is 16.0 Å². The maximum absolute atomic E-state index is 15.2. The van der Waals surface area contributed by atoms with E-state index in [4.69, 9.17) is 25.8 Å². The summed E-state index contributed by atoms with van der Waals surface area (Å²) in [6, 6.07) is 11.5. The van der Waals surface area contributed by atoms with Gasteiger partial charge in [-0.25, -0.2) is 4.98 Å². The molecule has 214 valence electrons. The van der Waals surface area contributed by atoms with E-state index in [1.54, 1.807) is 25.3 Å². The molecule has 3 heterocycles. The van der Waals surface area contributed by atoms with Gasteiger partial charge in [0, 0.05) is 50.4 Å². The zero-order valence-electron chi connectivity index (χ0n) is 23.2. The number of methoxy groups -OCH3 is 1. The maximum atomic E-state index is 15.2. The monoisotopic (exact) mass is 570 g/mol. The van der Waals surface area contributed by atoms with Gasteiger partial charge in [-0.2, -0.15) is 14.4 Å². The van der Waals surface area contributed by atoms with Gasteiger partial charge < -0.3 is 24.4 Å². The van der Waals surface area contributed by atoms with Crippen molar-refractivity contribution in [3.8, 4) is 11.8 Å². The van der Waals surface area contributed by atoms with Gasteiger partial charge in [0.15, 0.2) is 11.0 Å². The zero-order valence-corrected chi connectivity index (χ0v) is 24.0. The molecule has 11 heteroatoms. The van der Waals surface area contributed by atoms with Crippen molar-refractivity contribution in [3.63, 3.8) is 0 Å². The third-order valence-electron chi connectivity index (χ3n) is 7.72. The van der Waals surface area contributed by atoms with E-state index in [1.165, 1.54) is 0 Å². The van der Waals surface area contributed by atoms with Gasteiger partial charge in [0.2, 0.25) is 5.82 Å². The first-order valence-electron chi connectivity index (χ1n) is 13.6. The molecule has 1 atom stereocenters. The average molecular weight is 571 g/mol. The number of hydrogen-bond donors (Lipinski definition) is 1. The molecule has 1 aliphatic heterocycles. The first-order chi connectivity index (χ1) is 19.4. The fraction of sp³-hybridized carbons (Fsp3) is 0.483. The predicted molar refractivity (Wildman–Crippen MR) is 153 cm³/mol. The van der Waals surface area contributed by atoms with E-state index >= 15 is 4.39 Å². The standard InChI is InChI=1S/C29H36ClFN6O3/c1-20(23-5-4-12-32-26(23)33-17-21-6-8-22(38-3)9-7-21)36(2)27-24(31)25(30)34-28(35-27)40-19-29(10-11-29)18-37-13-15-39-16-14-37/h4-9,12,20H,10-11,13-19H2,1-3H3,(H,32,33)/t20-/m1/s1. The number of ether oxygens (including phenoxy) is 3. The molecule has 2 aliphatic rings. The van der Waals surface area contributed by atoms with Crippen molar-refractivity contribution < 1.29 is 18.6 Å². The quantitative estimate of drug-likeness (QED) is 0.303. The summed E-state index contributed by atoms with van der Waals surface area (Å²) in [5, 5.41) is 3.14. The van der Waals surface area contributed by atoms with Crippen LogP contribution in [0.1, 0.15) is 36.9 Å². The number of aromatic nitrogens is 3. The lowest BCUT2D eigenvalue weighted by Gasteiger charge is -2.30. The van der Waals surface area contributed by atoms with Crippen molar-refractivity contribution >= 4 is 23.2 Å². The van der Waals surface area contributed by atoms with Gasteiger partial charge in [-0.15, -0.1) is 0 Å². The van der Waals surface area contributed by atoms with Crippen LogP contribution in [0.3, 0.4) is 0 Å². The van der Waals surface area contributed by atoms with Gasteiger partial charge in [0.05, 0.1) is 33.0 Å². The van der Waals surface area contributed by atoms with Crippen molar-refractivity contribution in [1.29, 1.82) is 0 Å². The van der Waals surface area contributed by atoms with Crippen molar-refractivity contribution in [3.05, 3.63) is 64.7 Å². The predicted octanol–water partition coefficient (Wildman–Crippen LogP) is 4.97. The molecule has 2 fully saturated rings. The van der Waals surface area contributed by atoms with Crippen LogP contribution in [0.5, 0.6) is 11.8 Å². The summed E-state index contributed by atoms with van der Waals surface area (Å²) in [6.45, 7) is 7.33. The summed E-state index contributed by atoms with van der Waals surface area (Å²) >= 11 is 6.22. The molecule has 1 saturated heterocycles. The number of pyridine rings is 1. The van der Waals surface area contributed by atoms with E-state index in [0.29, 0.717) is 19.0 Å². The minimum Gasteiger partial charge on any atom is -0.497 e. The number of nitrogens with zero attached hydrogens (tertiary/aromatic N) is 5. The third kappa shape index (κ3) is 6.74. The summed E-state index contributed by atoms with van der Waals surface area (Å²) in [6.07, 6.45) is 3.89. The van der Waals surface area contributed by atoms with Gasteiger partial charge in [-0.1, -0.05) is 29.8 Å². The number of rotatable bonds is 12. The van der Waals surface area contributed by atoms with Crippen LogP contribution in [-0.2, 0) is 11.3 Å². The molecule has 0 radical (unpaired) electrons. The first-order valence-corrected chi connectivity index (χ1v) is 14.0. The Morgan fingerprint density at radius 2 is 1.93 bits per heavy atom. The minimum absolute atomic E-state index is 0.0705. The Labute approximate surface area is 239 Å². The molecule has 0 bridgehead atoms. The van der Waals surface area contributed by atoms with Gasteiger partial charge in [-0.3, -0.25) is 4.90 Å². The molecule has 1 saturated carbocycles. The third-order valence-corrected chi connectivity index (χ3v) is 7.97. The molecule has 1 aromatic carbocycles. The van der Waals surface area contributed by atoms with E-state index in [9.17, 15) is 0 Å². The minimum atomic E-state index is -0.686. The number of morpholine rings is 1. The van der Waals surface area contributed by atoms with Crippen LogP contribution in [0.2, 0.25) is 5.15 Å². The van der Waals surface area contributed by atoms with E-state index in [-0.39, 0.29) is 28.4 Å². The topological polar surface area (TPSA) is 84.9 Å². The highest BCUT2D eigenvalue weighted by molar-refractivity contribution is 6.29. The summed E-state index contributed by atoms with van der Waals surface area (Å²) in [4.78, 5) is 17.2. The number of halogens is 2. The maximum Gasteiger partial charge on any atom is 0.320 e. The highest BCUT2D eigenvalue weighted by atomic mass is 35.5. The lowest BCUT2D eigenvalue weighted by molar-refractivity contribution is 0.0231.